The number of esters is 1. The van der Waals surface area contributed by atoms with Crippen molar-refractivity contribution in [2.75, 3.05) is 59.3 Å². The standard InChI is InChI=1S/C23H48N2O4S/c1-5-6-7-8-9-10-11-12-13-15-23(27)29-21-30-20-25(17-14-16-24(2)3)18-22(26)19-28-4/h22,26H,5-21H2,1-4H3. The van der Waals surface area contributed by atoms with E-state index in [-0.39, 0.29) is 5.97 Å². The second kappa shape index (κ2) is 21.9. The van der Waals surface area contributed by atoms with E-state index in [4.69, 9.17) is 9.47 Å². The summed E-state index contributed by atoms with van der Waals surface area (Å²) in [5, 5.41) is 10.0. The maximum atomic E-state index is 11.9. The van der Waals surface area contributed by atoms with E-state index < -0.39 is 6.10 Å². The summed E-state index contributed by atoms with van der Waals surface area (Å²) in [6, 6.07) is 0. The van der Waals surface area contributed by atoms with Gasteiger partial charge in [-0.25, -0.2) is 0 Å². The third kappa shape index (κ3) is 20.9. The van der Waals surface area contributed by atoms with E-state index in [1.54, 1.807) is 18.9 Å². The highest BCUT2D eigenvalue weighted by atomic mass is 32.2. The quantitative estimate of drug-likeness (QED) is 0.150. The molecule has 0 aromatic heterocycles. The highest BCUT2D eigenvalue weighted by Crippen LogP contribution is 2.12. The molecule has 0 aliphatic heterocycles. The topological polar surface area (TPSA) is 62.2 Å². The summed E-state index contributed by atoms with van der Waals surface area (Å²) in [6.07, 6.45) is 12.3. The van der Waals surface area contributed by atoms with Crippen LogP contribution in [0.25, 0.3) is 0 Å². The van der Waals surface area contributed by atoms with Crippen LogP contribution in [-0.4, -0.2) is 86.2 Å². The maximum Gasteiger partial charge on any atom is 0.306 e. The molecule has 0 bridgehead atoms. The molecule has 0 saturated heterocycles. The van der Waals surface area contributed by atoms with Crippen LogP contribution in [0.3, 0.4) is 0 Å². The lowest BCUT2D eigenvalue weighted by Gasteiger charge is -2.25. The Morgan fingerprint density at radius 1 is 0.967 bits per heavy atom. The van der Waals surface area contributed by atoms with Crippen molar-refractivity contribution < 1.29 is 19.4 Å². The van der Waals surface area contributed by atoms with Crippen molar-refractivity contribution in [2.45, 2.75) is 83.7 Å². The van der Waals surface area contributed by atoms with Crippen LogP contribution in [0.5, 0.6) is 0 Å². The summed E-state index contributed by atoms with van der Waals surface area (Å²) in [5.74, 6) is 1.02. The normalized spacial score (nSPS) is 12.6. The number of rotatable bonds is 22. The van der Waals surface area contributed by atoms with Gasteiger partial charge >= 0.3 is 5.97 Å². The molecule has 7 heteroatoms. The third-order valence-electron chi connectivity index (χ3n) is 4.97. The number of carbonyl (C=O) groups excluding carboxylic acids is 1. The molecule has 0 heterocycles. The SMILES string of the molecule is CCCCCCCCCCCC(=O)OCSCN(CCCN(C)C)CC(O)COC. The van der Waals surface area contributed by atoms with Crippen molar-refractivity contribution in [3.63, 3.8) is 0 Å². The number of aliphatic hydroxyl groups is 1. The molecule has 1 atom stereocenters. The van der Waals surface area contributed by atoms with E-state index in [0.29, 0.717) is 25.5 Å². The first-order chi connectivity index (χ1) is 14.5. The van der Waals surface area contributed by atoms with Gasteiger partial charge in [0.2, 0.25) is 0 Å². The molecule has 0 aliphatic rings. The van der Waals surface area contributed by atoms with E-state index in [0.717, 1.165) is 38.2 Å². The summed E-state index contributed by atoms with van der Waals surface area (Å²) in [5.41, 5.74) is 0. The van der Waals surface area contributed by atoms with Gasteiger partial charge in [0.25, 0.3) is 0 Å². The van der Waals surface area contributed by atoms with Gasteiger partial charge in [-0.1, -0.05) is 58.3 Å². The Morgan fingerprint density at radius 2 is 1.60 bits per heavy atom. The summed E-state index contributed by atoms with van der Waals surface area (Å²) >= 11 is 1.58. The van der Waals surface area contributed by atoms with E-state index in [1.807, 2.05) is 0 Å². The summed E-state index contributed by atoms with van der Waals surface area (Å²) in [7, 11) is 5.72. The first-order valence-corrected chi connectivity index (χ1v) is 12.9. The number of unbranched alkanes of at least 4 members (excludes halogenated alkanes) is 8. The molecule has 0 rings (SSSR count). The molecule has 0 radical (unpaired) electrons. The summed E-state index contributed by atoms with van der Waals surface area (Å²) in [4.78, 5) is 16.3. The molecule has 0 fully saturated rings. The zero-order chi connectivity index (χ0) is 22.5. The largest absolute Gasteiger partial charge is 0.455 e. The Bertz CT molecular complexity index is 386. The predicted octanol–water partition coefficient (Wildman–Crippen LogP) is 4.36. The smallest absolute Gasteiger partial charge is 0.306 e. The van der Waals surface area contributed by atoms with Crippen molar-refractivity contribution in [2.24, 2.45) is 0 Å². The first kappa shape index (κ1) is 29.7. The van der Waals surface area contributed by atoms with Gasteiger partial charge in [-0.3, -0.25) is 9.69 Å². The number of methoxy groups -OCH3 is 1. The van der Waals surface area contributed by atoms with Crippen LogP contribution in [-0.2, 0) is 14.3 Å². The predicted molar refractivity (Wildman–Crippen MR) is 128 cm³/mol. The lowest BCUT2D eigenvalue weighted by molar-refractivity contribution is -0.141. The minimum Gasteiger partial charge on any atom is -0.455 e. The number of carbonyl (C=O) groups is 1. The van der Waals surface area contributed by atoms with Gasteiger partial charge in [0, 0.05) is 32.5 Å². The van der Waals surface area contributed by atoms with Crippen LogP contribution in [0.2, 0.25) is 0 Å². The minimum atomic E-state index is -0.496. The summed E-state index contributed by atoms with van der Waals surface area (Å²) in [6.45, 7) is 5.06. The van der Waals surface area contributed by atoms with Gasteiger partial charge in [-0.05, 0) is 33.5 Å². The lowest BCUT2D eigenvalue weighted by atomic mass is 10.1. The average molecular weight is 449 g/mol. The van der Waals surface area contributed by atoms with Crippen LogP contribution in [0.15, 0.2) is 0 Å². The second-order valence-electron chi connectivity index (χ2n) is 8.39. The van der Waals surface area contributed by atoms with Crippen molar-refractivity contribution in [3.05, 3.63) is 0 Å². The van der Waals surface area contributed by atoms with E-state index in [9.17, 15) is 9.90 Å². The Morgan fingerprint density at radius 3 is 2.20 bits per heavy atom. The van der Waals surface area contributed by atoms with Gasteiger partial charge < -0.3 is 19.5 Å². The lowest BCUT2D eigenvalue weighted by Crippen LogP contribution is -2.36. The molecule has 0 aliphatic carbocycles. The molecule has 0 aromatic carbocycles. The van der Waals surface area contributed by atoms with Crippen LogP contribution in [0, 0.1) is 0 Å². The number of ether oxygens (including phenoxy) is 2. The summed E-state index contributed by atoms with van der Waals surface area (Å²) < 4.78 is 10.4. The van der Waals surface area contributed by atoms with Crippen molar-refractivity contribution >= 4 is 17.7 Å². The Labute approximate surface area is 190 Å². The highest BCUT2D eigenvalue weighted by Gasteiger charge is 2.12. The molecule has 0 aromatic rings. The molecule has 6 nitrogen and oxygen atoms in total. The fraction of sp³-hybridized carbons (Fsp3) is 0.957. The zero-order valence-corrected chi connectivity index (χ0v) is 20.9. The molecule has 30 heavy (non-hydrogen) atoms. The molecular weight excluding hydrogens is 400 g/mol. The fourth-order valence-electron chi connectivity index (χ4n) is 3.29. The van der Waals surface area contributed by atoms with E-state index >= 15 is 0 Å². The molecule has 0 saturated carbocycles. The fourth-order valence-corrected chi connectivity index (χ4v) is 4.07. The van der Waals surface area contributed by atoms with Gasteiger partial charge in [-0.2, -0.15) is 0 Å². The zero-order valence-electron chi connectivity index (χ0n) is 20.1. The van der Waals surface area contributed by atoms with Crippen molar-refractivity contribution in [1.82, 2.24) is 9.80 Å². The van der Waals surface area contributed by atoms with Gasteiger partial charge in [-0.15, -0.1) is 11.8 Å². The molecule has 1 unspecified atom stereocenters. The van der Waals surface area contributed by atoms with Crippen LogP contribution in [0.1, 0.15) is 77.6 Å². The maximum absolute atomic E-state index is 11.9. The van der Waals surface area contributed by atoms with Crippen molar-refractivity contribution in [3.8, 4) is 0 Å². The number of hydrogen-bond donors (Lipinski definition) is 1. The van der Waals surface area contributed by atoms with Gasteiger partial charge in [0.05, 0.1) is 12.7 Å². The van der Waals surface area contributed by atoms with Gasteiger partial charge in [0.1, 0.15) is 5.94 Å². The molecule has 0 amide bonds. The number of aliphatic hydroxyl groups excluding tert-OH is 1. The van der Waals surface area contributed by atoms with Crippen LogP contribution in [0.4, 0.5) is 0 Å². The Balaban J connectivity index is 3.79. The average Bonchev–Trinajstić information content (AvgIpc) is 2.69. The van der Waals surface area contributed by atoms with Crippen LogP contribution < -0.4 is 0 Å². The first-order valence-electron chi connectivity index (χ1n) is 11.8. The monoisotopic (exact) mass is 448 g/mol. The Hall–Kier alpha value is -0.340. The molecule has 1 N–H and O–H groups in total. The second-order valence-corrected chi connectivity index (χ2v) is 9.29. The number of thioether (sulfide) groups is 1. The number of hydrogen-bond acceptors (Lipinski definition) is 7. The number of nitrogens with zero attached hydrogens (tertiary/aromatic N) is 2. The van der Waals surface area contributed by atoms with E-state index in [2.05, 4.69) is 30.8 Å². The Kier molecular flexibility index (Phi) is 21.6. The minimum absolute atomic E-state index is 0.0935. The van der Waals surface area contributed by atoms with E-state index in [1.165, 1.54) is 44.9 Å². The molecule has 180 valence electrons. The highest BCUT2D eigenvalue weighted by molar-refractivity contribution is 7.99. The third-order valence-corrected chi connectivity index (χ3v) is 5.80. The molecule has 0 spiro atoms. The van der Waals surface area contributed by atoms with Crippen molar-refractivity contribution in [1.29, 1.82) is 0 Å². The van der Waals surface area contributed by atoms with Crippen LogP contribution >= 0.6 is 11.8 Å². The molecular formula is C23H48N2O4S. The van der Waals surface area contributed by atoms with Gasteiger partial charge in [0.15, 0.2) is 0 Å².